The number of nitrogens with zero attached hydrogens (tertiary/aromatic N) is 2. The van der Waals surface area contributed by atoms with Crippen LogP contribution in [0.4, 0.5) is 4.39 Å². The van der Waals surface area contributed by atoms with E-state index in [1.54, 1.807) is 12.1 Å². The second-order valence-electron chi connectivity index (χ2n) is 7.89. The second kappa shape index (κ2) is 6.46. The Kier molecular flexibility index (Phi) is 4.06. The molecule has 4 aliphatic heterocycles. The van der Waals surface area contributed by atoms with Crippen LogP contribution in [0.5, 0.6) is 0 Å². The van der Waals surface area contributed by atoms with Crippen LogP contribution in [0.3, 0.4) is 0 Å². The van der Waals surface area contributed by atoms with Gasteiger partial charge >= 0.3 is 0 Å². The zero-order valence-corrected chi connectivity index (χ0v) is 15.1. The zero-order valence-electron chi connectivity index (χ0n) is 15.1. The molecule has 4 saturated heterocycles. The average molecular weight is 370 g/mol. The third-order valence-electron chi connectivity index (χ3n) is 6.58. The van der Waals surface area contributed by atoms with Crippen molar-refractivity contribution in [2.45, 2.75) is 37.5 Å². The van der Waals surface area contributed by atoms with Crippen molar-refractivity contribution < 1.29 is 18.7 Å². The molecule has 0 saturated carbocycles. The van der Waals surface area contributed by atoms with Crippen molar-refractivity contribution in [1.29, 1.82) is 0 Å². The minimum atomic E-state index is -0.237. The molecule has 1 aromatic heterocycles. The number of halogens is 1. The summed E-state index contributed by atoms with van der Waals surface area (Å²) in [6.45, 7) is 2.54. The summed E-state index contributed by atoms with van der Waals surface area (Å²) < 4.78 is 18.9. The highest BCUT2D eigenvalue weighted by molar-refractivity contribution is 5.92. The standard InChI is InChI=1S/C21H23FN2O3/c22-15-3-1-13(2-4-15)17-11-24(21(26)18-6-5-16(12-25)27-18)19-14-7-9-23(10-8-14)20(17)19/h1-6,14,17,19-20,25H,7-12H2/t17-,19+,20+/m0/s1. The SMILES string of the molecule is O=C(c1ccc(CO)o1)N1C[C@@H](c2ccc(F)cc2)[C@@H]2[C@H]1C1CCN2CC1. The summed E-state index contributed by atoms with van der Waals surface area (Å²) in [5, 5.41) is 9.23. The predicted octanol–water partition coefficient (Wildman–Crippen LogP) is 2.61. The van der Waals surface area contributed by atoms with Gasteiger partial charge in [0, 0.05) is 18.5 Å². The number of furan rings is 1. The van der Waals surface area contributed by atoms with E-state index < -0.39 is 0 Å². The largest absolute Gasteiger partial charge is 0.453 e. The van der Waals surface area contributed by atoms with Crippen molar-refractivity contribution in [3.8, 4) is 0 Å². The van der Waals surface area contributed by atoms with E-state index in [9.17, 15) is 14.3 Å². The lowest BCUT2D eigenvalue weighted by Gasteiger charge is -2.51. The molecule has 2 aromatic rings. The van der Waals surface area contributed by atoms with E-state index in [0.29, 0.717) is 18.2 Å². The van der Waals surface area contributed by atoms with Crippen LogP contribution in [0.15, 0.2) is 40.8 Å². The highest BCUT2D eigenvalue weighted by Gasteiger charge is 2.55. The summed E-state index contributed by atoms with van der Waals surface area (Å²) in [4.78, 5) is 17.7. The number of fused-ring (bicyclic) bond motifs is 2. The van der Waals surface area contributed by atoms with Gasteiger partial charge in [-0.2, -0.15) is 0 Å². The predicted molar refractivity (Wildman–Crippen MR) is 96.7 cm³/mol. The van der Waals surface area contributed by atoms with Crippen molar-refractivity contribution in [3.05, 3.63) is 59.3 Å². The molecule has 0 spiro atoms. The molecule has 0 aliphatic carbocycles. The Hall–Kier alpha value is -2.18. The summed E-state index contributed by atoms with van der Waals surface area (Å²) in [5.74, 6) is 1.02. The van der Waals surface area contributed by atoms with Crippen LogP contribution in [0.2, 0.25) is 0 Å². The minimum absolute atomic E-state index is 0.108. The quantitative estimate of drug-likeness (QED) is 0.902. The van der Waals surface area contributed by atoms with Gasteiger partial charge in [0.2, 0.25) is 0 Å². The Bertz CT molecular complexity index is 841. The van der Waals surface area contributed by atoms with E-state index in [1.807, 2.05) is 17.0 Å². The maximum absolute atomic E-state index is 13.4. The molecule has 6 rings (SSSR count). The normalized spacial score (nSPS) is 31.9. The smallest absolute Gasteiger partial charge is 0.289 e. The topological polar surface area (TPSA) is 56.9 Å². The van der Waals surface area contributed by atoms with Crippen LogP contribution in [0, 0.1) is 11.7 Å². The molecular weight excluding hydrogens is 347 g/mol. The van der Waals surface area contributed by atoms with Crippen molar-refractivity contribution in [2.24, 2.45) is 5.92 Å². The Labute approximate surface area is 157 Å². The Morgan fingerprint density at radius 3 is 2.52 bits per heavy atom. The number of hydrogen-bond acceptors (Lipinski definition) is 4. The summed E-state index contributed by atoms with van der Waals surface area (Å²) in [6.07, 6.45) is 2.22. The van der Waals surface area contributed by atoms with E-state index in [2.05, 4.69) is 4.90 Å². The molecule has 0 unspecified atom stereocenters. The summed E-state index contributed by atoms with van der Waals surface area (Å²) in [5.41, 5.74) is 1.09. The van der Waals surface area contributed by atoms with Gasteiger partial charge in [-0.05, 0) is 61.7 Å². The number of aliphatic hydroxyl groups excluding tert-OH is 1. The molecule has 3 atom stereocenters. The number of likely N-dealkylation sites (tertiary alicyclic amines) is 1. The maximum atomic E-state index is 13.4. The molecule has 2 bridgehead atoms. The van der Waals surface area contributed by atoms with Gasteiger partial charge in [0.1, 0.15) is 18.2 Å². The highest BCUT2D eigenvalue weighted by atomic mass is 19.1. The molecule has 1 aromatic carbocycles. The lowest BCUT2D eigenvalue weighted by atomic mass is 9.75. The van der Waals surface area contributed by atoms with Gasteiger partial charge < -0.3 is 14.4 Å². The minimum Gasteiger partial charge on any atom is -0.453 e. The van der Waals surface area contributed by atoms with Gasteiger partial charge in [0.05, 0.1) is 6.04 Å². The first kappa shape index (κ1) is 17.0. The zero-order chi connectivity index (χ0) is 18.5. The van der Waals surface area contributed by atoms with Crippen molar-refractivity contribution in [2.75, 3.05) is 19.6 Å². The van der Waals surface area contributed by atoms with Crippen LogP contribution < -0.4 is 0 Å². The fraction of sp³-hybridized carbons (Fsp3) is 0.476. The van der Waals surface area contributed by atoms with E-state index >= 15 is 0 Å². The van der Waals surface area contributed by atoms with Crippen molar-refractivity contribution >= 4 is 5.91 Å². The fourth-order valence-electron chi connectivity index (χ4n) is 5.38. The molecule has 4 aliphatic rings. The Morgan fingerprint density at radius 2 is 1.85 bits per heavy atom. The van der Waals surface area contributed by atoms with E-state index in [4.69, 9.17) is 4.42 Å². The summed E-state index contributed by atoms with van der Waals surface area (Å²) in [7, 11) is 0. The van der Waals surface area contributed by atoms with Crippen molar-refractivity contribution in [3.63, 3.8) is 0 Å². The molecule has 1 amide bonds. The van der Waals surface area contributed by atoms with Gasteiger partial charge in [0.15, 0.2) is 5.76 Å². The number of hydrogen-bond donors (Lipinski definition) is 1. The number of carbonyl (C=O) groups excluding carboxylic acids is 1. The molecule has 4 fully saturated rings. The molecule has 1 N–H and O–H groups in total. The van der Waals surface area contributed by atoms with E-state index in [-0.39, 0.29) is 42.1 Å². The molecule has 6 heteroatoms. The van der Waals surface area contributed by atoms with Crippen LogP contribution in [0.25, 0.3) is 0 Å². The number of carbonyl (C=O) groups is 1. The van der Waals surface area contributed by atoms with Gasteiger partial charge in [-0.15, -0.1) is 0 Å². The van der Waals surface area contributed by atoms with Crippen LogP contribution >= 0.6 is 0 Å². The molecule has 0 radical (unpaired) electrons. The number of benzene rings is 1. The van der Waals surface area contributed by atoms with Crippen molar-refractivity contribution in [1.82, 2.24) is 9.80 Å². The highest BCUT2D eigenvalue weighted by Crippen LogP contribution is 2.47. The van der Waals surface area contributed by atoms with E-state index in [0.717, 1.165) is 31.5 Å². The first-order valence-electron chi connectivity index (χ1n) is 9.66. The number of aliphatic hydroxyl groups is 1. The Morgan fingerprint density at radius 1 is 1.11 bits per heavy atom. The van der Waals surface area contributed by atoms with Gasteiger partial charge in [-0.25, -0.2) is 4.39 Å². The lowest BCUT2D eigenvalue weighted by molar-refractivity contribution is -0.00437. The Balaban J connectivity index is 1.50. The summed E-state index contributed by atoms with van der Waals surface area (Å²) >= 11 is 0. The molecule has 5 heterocycles. The maximum Gasteiger partial charge on any atom is 0.289 e. The molecule has 27 heavy (non-hydrogen) atoms. The number of piperidine rings is 3. The number of amides is 1. The van der Waals surface area contributed by atoms with Gasteiger partial charge in [0.25, 0.3) is 5.91 Å². The molecule has 142 valence electrons. The third-order valence-corrected chi connectivity index (χ3v) is 6.58. The van der Waals surface area contributed by atoms with Crippen LogP contribution in [-0.4, -0.2) is 52.5 Å². The summed E-state index contributed by atoms with van der Waals surface area (Å²) in [6, 6.07) is 10.5. The van der Waals surface area contributed by atoms with Crippen LogP contribution in [0.1, 0.15) is 40.6 Å². The van der Waals surface area contributed by atoms with Gasteiger partial charge in [-0.3, -0.25) is 9.69 Å². The monoisotopic (exact) mass is 370 g/mol. The molecular formula is C21H23FN2O3. The first-order valence-corrected chi connectivity index (χ1v) is 9.66. The first-order chi connectivity index (χ1) is 13.2. The number of rotatable bonds is 3. The fourth-order valence-corrected chi connectivity index (χ4v) is 5.38. The second-order valence-corrected chi connectivity index (χ2v) is 7.89. The van der Waals surface area contributed by atoms with Crippen LogP contribution in [-0.2, 0) is 6.61 Å². The third kappa shape index (κ3) is 2.70. The lowest BCUT2D eigenvalue weighted by Crippen LogP contribution is -2.60. The van der Waals surface area contributed by atoms with Gasteiger partial charge in [-0.1, -0.05) is 12.1 Å². The molecule has 5 nitrogen and oxygen atoms in total. The average Bonchev–Trinajstić information content (AvgIpc) is 3.35. The van der Waals surface area contributed by atoms with E-state index in [1.165, 1.54) is 12.1 Å².